The zero-order chi connectivity index (χ0) is 13.7. The summed E-state index contributed by atoms with van der Waals surface area (Å²) in [6, 6.07) is 4.39. The van der Waals surface area contributed by atoms with Gasteiger partial charge in [-0.1, -0.05) is 6.07 Å². The van der Waals surface area contributed by atoms with E-state index in [-0.39, 0.29) is 17.2 Å². The minimum atomic E-state index is -1.26. The number of carbonyl (C=O) groups excluding carboxylic acids is 1. The number of rotatable bonds is 4. The largest absolute Gasteiger partial charge is 0.504 e. The molecule has 0 bridgehead atoms. The van der Waals surface area contributed by atoms with Crippen molar-refractivity contribution in [3.05, 3.63) is 29.5 Å². The van der Waals surface area contributed by atoms with E-state index in [2.05, 4.69) is 5.32 Å². The Labute approximate surface area is 104 Å². The van der Waals surface area contributed by atoms with E-state index < -0.39 is 11.9 Å². The third-order valence-corrected chi connectivity index (χ3v) is 2.06. The van der Waals surface area contributed by atoms with Crippen LogP contribution in [0.3, 0.4) is 0 Å². The Morgan fingerprint density at radius 1 is 1.39 bits per heavy atom. The van der Waals surface area contributed by atoms with Crippen molar-refractivity contribution in [1.29, 1.82) is 0 Å². The molecule has 1 rings (SSSR count). The number of benzene rings is 1. The van der Waals surface area contributed by atoms with Crippen LogP contribution in [0.4, 0.5) is 0 Å². The molecule has 0 saturated carbocycles. The van der Waals surface area contributed by atoms with Crippen LogP contribution in [-0.4, -0.2) is 29.2 Å². The third kappa shape index (κ3) is 3.51. The van der Waals surface area contributed by atoms with Gasteiger partial charge in [0.05, 0.1) is 7.11 Å². The molecule has 0 fully saturated rings. The van der Waals surface area contributed by atoms with Crippen LogP contribution >= 0.6 is 0 Å². The molecular formula is C12H13NO5. The normalized spacial score (nSPS) is 10.9. The Morgan fingerprint density at radius 2 is 2.06 bits per heavy atom. The van der Waals surface area contributed by atoms with E-state index >= 15 is 0 Å². The number of hydrogen-bond acceptors (Lipinski definition) is 4. The van der Waals surface area contributed by atoms with E-state index in [1.165, 1.54) is 32.2 Å². The van der Waals surface area contributed by atoms with E-state index in [0.717, 1.165) is 0 Å². The highest BCUT2D eigenvalue weighted by Crippen LogP contribution is 2.26. The summed E-state index contributed by atoms with van der Waals surface area (Å²) in [5.41, 5.74) is 0.159. The minimum Gasteiger partial charge on any atom is -0.504 e. The van der Waals surface area contributed by atoms with Gasteiger partial charge in [0, 0.05) is 6.92 Å². The zero-order valence-corrected chi connectivity index (χ0v) is 9.93. The fraction of sp³-hybridized carbons (Fsp3) is 0.167. The number of carbonyl (C=O) groups is 2. The predicted molar refractivity (Wildman–Crippen MR) is 64.1 cm³/mol. The molecule has 0 aliphatic heterocycles. The average Bonchev–Trinajstić information content (AvgIpc) is 2.27. The van der Waals surface area contributed by atoms with Gasteiger partial charge in [-0.25, -0.2) is 4.79 Å². The predicted octanol–water partition coefficient (Wildman–Crippen LogP) is 0.962. The van der Waals surface area contributed by atoms with Crippen LogP contribution in [0.5, 0.6) is 11.5 Å². The highest BCUT2D eigenvalue weighted by atomic mass is 16.5. The lowest BCUT2D eigenvalue weighted by Gasteiger charge is -2.05. The van der Waals surface area contributed by atoms with Crippen molar-refractivity contribution >= 4 is 18.0 Å². The maximum atomic E-state index is 10.9. The number of nitrogens with one attached hydrogen (secondary N) is 1. The Kier molecular flexibility index (Phi) is 4.31. The summed E-state index contributed by atoms with van der Waals surface area (Å²) in [6.45, 7) is 1.21. The van der Waals surface area contributed by atoms with E-state index in [9.17, 15) is 14.7 Å². The number of aliphatic carboxylic acids is 1. The second-order valence-electron chi connectivity index (χ2n) is 3.48. The van der Waals surface area contributed by atoms with Crippen molar-refractivity contribution in [2.45, 2.75) is 6.92 Å². The molecule has 0 aliphatic rings. The molecule has 0 aliphatic carbocycles. The van der Waals surface area contributed by atoms with Crippen LogP contribution in [0.2, 0.25) is 0 Å². The van der Waals surface area contributed by atoms with Crippen molar-refractivity contribution in [2.24, 2.45) is 0 Å². The summed E-state index contributed by atoms with van der Waals surface area (Å²) < 4.78 is 4.86. The third-order valence-electron chi connectivity index (χ3n) is 2.06. The lowest BCUT2D eigenvalue weighted by Crippen LogP contribution is -2.24. The SMILES string of the molecule is COc1ccc(/C=C(/NC(C)=O)C(=O)O)cc1O. The molecule has 0 saturated heterocycles. The molecule has 0 spiro atoms. The Morgan fingerprint density at radius 3 is 2.50 bits per heavy atom. The van der Waals surface area contributed by atoms with Gasteiger partial charge in [-0.2, -0.15) is 0 Å². The van der Waals surface area contributed by atoms with Gasteiger partial charge in [0.25, 0.3) is 0 Å². The molecule has 0 atom stereocenters. The number of phenolic OH excluding ortho intramolecular Hbond substituents is 1. The lowest BCUT2D eigenvalue weighted by atomic mass is 10.1. The Balaban J connectivity index is 3.08. The number of ether oxygens (including phenoxy) is 1. The highest BCUT2D eigenvalue weighted by Gasteiger charge is 2.09. The van der Waals surface area contributed by atoms with Gasteiger partial charge in [-0.05, 0) is 23.8 Å². The summed E-state index contributed by atoms with van der Waals surface area (Å²) in [5.74, 6) is -1.58. The second kappa shape index (κ2) is 5.72. The number of phenols is 1. The van der Waals surface area contributed by atoms with Crippen molar-refractivity contribution in [3.8, 4) is 11.5 Å². The molecule has 0 heterocycles. The number of amides is 1. The molecule has 6 heteroatoms. The number of hydrogen-bond donors (Lipinski definition) is 3. The lowest BCUT2D eigenvalue weighted by molar-refractivity contribution is -0.134. The first-order valence-corrected chi connectivity index (χ1v) is 5.03. The molecule has 1 aromatic carbocycles. The van der Waals surface area contributed by atoms with Crippen molar-refractivity contribution in [3.63, 3.8) is 0 Å². The summed E-state index contributed by atoms with van der Waals surface area (Å²) in [5, 5.41) is 20.6. The van der Waals surface area contributed by atoms with Gasteiger partial charge < -0.3 is 20.3 Å². The Bertz CT molecular complexity index is 507. The second-order valence-corrected chi connectivity index (χ2v) is 3.48. The number of aromatic hydroxyl groups is 1. The number of carboxylic acid groups (broad SMARTS) is 1. The van der Waals surface area contributed by atoms with Crippen LogP contribution in [-0.2, 0) is 9.59 Å². The van der Waals surface area contributed by atoms with E-state index in [0.29, 0.717) is 5.56 Å². The maximum Gasteiger partial charge on any atom is 0.352 e. The van der Waals surface area contributed by atoms with Crippen molar-refractivity contribution in [2.75, 3.05) is 7.11 Å². The zero-order valence-electron chi connectivity index (χ0n) is 9.93. The topological polar surface area (TPSA) is 95.9 Å². The fourth-order valence-corrected chi connectivity index (χ4v) is 1.30. The molecule has 3 N–H and O–H groups in total. The van der Waals surface area contributed by atoms with Crippen molar-refractivity contribution in [1.82, 2.24) is 5.32 Å². The first-order valence-electron chi connectivity index (χ1n) is 5.03. The van der Waals surface area contributed by atoms with Crippen LogP contribution in [0.1, 0.15) is 12.5 Å². The first-order chi connectivity index (χ1) is 8.43. The molecule has 6 nitrogen and oxygen atoms in total. The summed E-state index contributed by atoms with van der Waals surface area (Å²) in [7, 11) is 1.41. The van der Waals surface area contributed by atoms with Crippen LogP contribution in [0.25, 0.3) is 6.08 Å². The fourth-order valence-electron chi connectivity index (χ4n) is 1.30. The van der Waals surface area contributed by atoms with Gasteiger partial charge >= 0.3 is 5.97 Å². The smallest absolute Gasteiger partial charge is 0.352 e. The van der Waals surface area contributed by atoms with E-state index in [1.807, 2.05) is 0 Å². The molecule has 18 heavy (non-hydrogen) atoms. The highest BCUT2D eigenvalue weighted by molar-refractivity contribution is 5.96. The van der Waals surface area contributed by atoms with Crippen LogP contribution in [0.15, 0.2) is 23.9 Å². The Hall–Kier alpha value is -2.50. The molecule has 96 valence electrons. The maximum absolute atomic E-state index is 10.9. The minimum absolute atomic E-state index is 0.112. The van der Waals surface area contributed by atoms with Crippen molar-refractivity contribution < 1.29 is 24.5 Å². The van der Waals surface area contributed by atoms with Crippen LogP contribution < -0.4 is 10.1 Å². The molecule has 0 radical (unpaired) electrons. The first kappa shape index (κ1) is 13.6. The average molecular weight is 251 g/mol. The number of methoxy groups -OCH3 is 1. The summed E-state index contributed by atoms with van der Waals surface area (Å²) in [4.78, 5) is 21.7. The standard InChI is InChI=1S/C12H13NO5/c1-7(14)13-9(12(16)17)5-8-3-4-11(18-2)10(15)6-8/h3-6,15H,1-2H3,(H,13,14)(H,16,17)/b9-5+. The molecule has 0 unspecified atom stereocenters. The van der Waals surface area contributed by atoms with Gasteiger partial charge in [0.15, 0.2) is 11.5 Å². The number of carboxylic acids is 1. The molecular weight excluding hydrogens is 238 g/mol. The van der Waals surface area contributed by atoms with Gasteiger partial charge in [0.1, 0.15) is 5.70 Å². The van der Waals surface area contributed by atoms with E-state index in [4.69, 9.17) is 9.84 Å². The quantitative estimate of drug-likeness (QED) is 0.693. The monoisotopic (exact) mass is 251 g/mol. The molecule has 1 amide bonds. The summed E-state index contributed by atoms with van der Waals surface area (Å²) >= 11 is 0. The van der Waals surface area contributed by atoms with Crippen LogP contribution in [0, 0.1) is 0 Å². The molecule has 1 aromatic rings. The molecule has 0 aromatic heterocycles. The van der Waals surface area contributed by atoms with Gasteiger partial charge in [0.2, 0.25) is 5.91 Å². The van der Waals surface area contributed by atoms with Gasteiger partial charge in [-0.15, -0.1) is 0 Å². The van der Waals surface area contributed by atoms with E-state index in [1.54, 1.807) is 6.07 Å². The summed E-state index contributed by atoms with van der Waals surface area (Å²) in [6.07, 6.45) is 1.24. The van der Waals surface area contributed by atoms with Gasteiger partial charge in [-0.3, -0.25) is 4.79 Å².